The zero-order valence-corrected chi connectivity index (χ0v) is 16.1. The van der Waals surface area contributed by atoms with E-state index in [1.807, 2.05) is 26.0 Å². The monoisotopic (exact) mass is 365 g/mol. The quantitative estimate of drug-likeness (QED) is 0.685. The minimum absolute atomic E-state index is 0.269. The van der Waals surface area contributed by atoms with Crippen LogP contribution in [-0.2, 0) is 0 Å². The number of hydrogen-bond donors (Lipinski definition) is 1. The fourth-order valence-electron chi connectivity index (χ4n) is 3.28. The average Bonchev–Trinajstić information content (AvgIpc) is 2.64. The number of carbonyl (C=O) groups is 1. The van der Waals surface area contributed by atoms with Crippen molar-refractivity contribution in [1.82, 2.24) is 4.98 Å². The van der Waals surface area contributed by atoms with Gasteiger partial charge in [-0.15, -0.1) is 0 Å². The fraction of sp³-hybridized carbons (Fsp3) is 0.273. The summed E-state index contributed by atoms with van der Waals surface area (Å²) >= 11 is 0. The molecule has 27 heavy (non-hydrogen) atoms. The topological polar surface area (TPSA) is 45.2 Å². The molecule has 0 radical (unpaired) electrons. The van der Waals surface area contributed by atoms with Crippen LogP contribution in [0.15, 0.2) is 42.5 Å². The number of fused-ring (bicyclic) bond motifs is 1. The first-order valence-corrected chi connectivity index (χ1v) is 9.16. The lowest BCUT2D eigenvalue weighted by atomic mass is 10.1. The van der Waals surface area contributed by atoms with Gasteiger partial charge in [0.15, 0.2) is 0 Å². The van der Waals surface area contributed by atoms with Crippen molar-refractivity contribution >= 4 is 28.2 Å². The predicted molar refractivity (Wildman–Crippen MR) is 109 cm³/mol. The number of pyridine rings is 1. The van der Waals surface area contributed by atoms with E-state index in [4.69, 9.17) is 0 Å². The maximum atomic E-state index is 13.7. The summed E-state index contributed by atoms with van der Waals surface area (Å²) in [5.74, 6) is -0.656. The standard InChI is InChI=1S/C22H24FN3O/c1-5-26(6-2)17-8-10-20(14(3)11-17)25-22(27)19-12-15(4)24-21-9-7-16(23)13-18(19)21/h7-13H,5-6H2,1-4H3,(H,25,27). The number of aromatic nitrogens is 1. The fourth-order valence-corrected chi connectivity index (χ4v) is 3.28. The molecule has 0 aliphatic rings. The number of nitrogens with zero attached hydrogens (tertiary/aromatic N) is 2. The summed E-state index contributed by atoms with van der Waals surface area (Å²) in [4.78, 5) is 19.5. The highest BCUT2D eigenvalue weighted by Crippen LogP contribution is 2.25. The SMILES string of the molecule is CCN(CC)c1ccc(NC(=O)c2cc(C)nc3ccc(F)cc23)c(C)c1. The van der Waals surface area contributed by atoms with Gasteiger partial charge in [0.1, 0.15) is 5.82 Å². The Kier molecular flexibility index (Phi) is 5.40. The van der Waals surface area contributed by atoms with E-state index >= 15 is 0 Å². The van der Waals surface area contributed by atoms with Crippen LogP contribution in [0.4, 0.5) is 15.8 Å². The van der Waals surface area contributed by atoms with Crippen LogP contribution in [0.1, 0.15) is 35.5 Å². The Labute approximate surface area is 159 Å². The van der Waals surface area contributed by atoms with Crippen LogP contribution in [0.2, 0.25) is 0 Å². The van der Waals surface area contributed by atoms with Gasteiger partial charge in [-0.3, -0.25) is 9.78 Å². The molecule has 140 valence electrons. The van der Waals surface area contributed by atoms with Crippen molar-refractivity contribution in [3.8, 4) is 0 Å². The van der Waals surface area contributed by atoms with Crippen LogP contribution in [0.25, 0.3) is 10.9 Å². The number of rotatable bonds is 5. The van der Waals surface area contributed by atoms with E-state index in [0.717, 1.165) is 30.0 Å². The van der Waals surface area contributed by atoms with E-state index in [1.165, 1.54) is 12.1 Å². The second-order valence-corrected chi connectivity index (χ2v) is 6.60. The molecule has 5 heteroatoms. The molecule has 0 spiro atoms. The molecule has 0 saturated carbocycles. The number of halogens is 1. The number of carbonyl (C=O) groups excluding carboxylic acids is 1. The lowest BCUT2D eigenvalue weighted by Crippen LogP contribution is -2.22. The van der Waals surface area contributed by atoms with E-state index in [2.05, 4.69) is 35.1 Å². The molecule has 0 fully saturated rings. The summed E-state index contributed by atoms with van der Waals surface area (Å²) in [6, 6.07) is 12.0. The first-order valence-electron chi connectivity index (χ1n) is 9.16. The lowest BCUT2D eigenvalue weighted by molar-refractivity contribution is 0.102. The zero-order chi connectivity index (χ0) is 19.6. The Bertz CT molecular complexity index is 996. The summed E-state index contributed by atoms with van der Waals surface area (Å²) in [6.45, 7) is 9.88. The van der Waals surface area contributed by atoms with Gasteiger partial charge < -0.3 is 10.2 Å². The van der Waals surface area contributed by atoms with E-state index in [0.29, 0.717) is 22.2 Å². The highest BCUT2D eigenvalue weighted by atomic mass is 19.1. The largest absolute Gasteiger partial charge is 0.372 e. The van der Waals surface area contributed by atoms with Gasteiger partial charge in [0.05, 0.1) is 11.1 Å². The van der Waals surface area contributed by atoms with Crippen LogP contribution >= 0.6 is 0 Å². The predicted octanol–water partition coefficient (Wildman–Crippen LogP) is 5.09. The minimum atomic E-state index is -0.387. The van der Waals surface area contributed by atoms with Crippen molar-refractivity contribution in [3.63, 3.8) is 0 Å². The zero-order valence-electron chi connectivity index (χ0n) is 16.1. The highest BCUT2D eigenvalue weighted by Gasteiger charge is 2.14. The second kappa shape index (κ2) is 7.74. The molecule has 0 aliphatic carbocycles. The normalized spacial score (nSPS) is 10.9. The van der Waals surface area contributed by atoms with Gasteiger partial charge in [-0.05, 0) is 75.7 Å². The molecule has 3 aromatic rings. The number of anilines is 2. The van der Waals surface area contributed by atoms with Crippen LogP contribution in [0.3, 0.4) is 0 Å². The molecule has 4 nitrogen and oxygen atoms in total. The number of benzene rings is 2. The Balaban J connectivity index is 1.94. The Morgan fingerprint density at radius 3 is 2.48 bits per heavy atom. The van der Waals surface area contributed by atoms with Crippen LogP contribution < -0.4 is 10.2 Å². The molecule has 1 aromatic heterocycles. The first-order chi connectivity index (χ1) is 12.9. The van der Waals surface area contributed by atoms with Crippen molar-refractivity contribution in [3.05, 3.63) is 65.1 Å². The molecule has 0 saturated heterocycles. The van der Waals surface area contributed by atoms with Crippen LogP contribution in [0, 0.1) is 19.7 Å². The second-order valence-electron chi connectivity index (χ2n) is 6.60. The smallest absolute Gasteiger partial charge is 0.256 e. The van der Waals surface area contributed by atoms with Crippen molar-refractivity contribution in [2.75, 3.05) is 23.3 Å². The molecule has 0 atom stereocenters. The minimum Gasteiger partial charge on any atom is -0.372 e. The number of amides is 1. The van der Waals surface area contributed by atoms with Gasteiger partial charge in [0.2, 0.25) is 0 Å². The Hall–Kier alpha value is -2.95. The summed E-state index contributed by atoms with van der Waals surface area (Å²) in [5, 5.41) is 3.47. The van der Waals surface area contributed by atoms with Gasteiger partial charge in [-0.2, -0.15) is 0 Å². The van der Waals surface area contributed by atoms with Crippen molar-refractivity contribution < 1.29 is 9.18 Å². The molecule has 2 aromatic carbocycles. The van der Waals surface area contributed by atoms with E-state index in [9.17, 15) is 9.18 Å². The lowest BCUT2D eigenvalue weighted by Gasteiger charge is -2.22. The van der Waals surface area contributed by atoms with Crippen LogP contribution in [0.5, 0.6) is 0 Å². The van der Waals surface area contributed by atoms with Gasteiger partial charge >= 0.3 is 0 Å². The highest BCUT2D eigenvalue weighted by molar-refractivity contribution is 6.12. The number of hydrogen-bond acceptors (Lipinski definition) is 3. The Morgan fingerprint density at radius 1 is 1.07 bits per heavy atom. The molecule has 1 amide bonds. The maximum absolute atomic E-state index is 13.7. The van der Waals surface area contributed by atoms with Crippen molar-refractivity contribution in [2.45, 2.75) is 27.7 Å². The molecule has 0 bridgehead atoms. The molecule has 0 unspecified atom stereocenters. The van der Waals surface area contributed by atoms with Gasteiger partial charge in [-0.25, -0.2) is 4.39 Å². The third-order valence-electron chi connectivity index (χ3n) is 4.73. The summed E-state index contributed by atoms with van der Waals surface area (Å²) in [6.07, 6.45) is 0. The molecule has 0 aliphatic heterocycles. The average molecular weight is 365 g/mol. The first kappa shape index (κ1) is 18.8. The van der Waals surface area contributed by atoms with Gasteiger partial charge in [-0.1, -0.05) is 0 Å². The molecular weight excluding hydrogens is 341 g/mol. The maximum Gasteiger partial charge on any atom is 0.256 e. The summed E-state index contributed by atoms with van der Waals surface area (Å²) in [5.41, 5.74) is 4.60. The molecule has 1 N–H and O–H groups in total. The van der Waals surface area contributed by atoms with Crippen molar-refractivity contribution in [1.29, 1.82) is 0 Å². The third kappa shape index (κ3) is 3.92. The van der Waals surface area contributed by atoms with Crippen LogP contribution in [-0.4, -0.2) is 24.0 Å². The molecule has 1 heterocycles. The van der Waals surface area contributed by atoms with E-state index < -0.39 is 0 Å². The Morgan fingerprint density at radius 2 is 1.81 bits per heavy atom. The van der Waals surface area contributed by atoms with E-state index in [-0.39, 0.29) is 11.7 Å². The van der Waals surface area contributed by atoms with Gasteiger partial charge in [0, 0.05) is 35.5 Å². The molecule has 3 rings (SSSR count). The number of nitrogens with one attached hydrogen (secondary N) is 1. The summed E-state index contributed by atoms with van der Waals surface area (Å²) < 4.78 is 13.7. The van der Waals surface area contributed by atoms with E-state index in [1.54, 1.807) is 12.1 Å². The van der Waals surface area contributed by atoms with Crippen molar-refractivity contribution in [2.24, 2.45) is 0 Å². The third-order valence-corrected chi connectivity index (χ3v) is 4.73. The number of aryl methyl sites for hydroxylation is 2. The van der Waals surface area contributed by atoms with Gasteiger partial charge in [0.25, 0.3) is 5.91 Å². The summed E-state index contributed by atoms with van der Waals surface area (Å²) in [7, 11) is 0. The molecular formula is C22H24FN3O.